The van der Waals surface area contributed by atoms with Gasteiger partial charge in [0.25, 0.3) is 0 Å². The maximum Gasteiger partial charge on any atom is 0.229 e. The Morgan fingerprint density at radius 3 is 2.38 bits per heavy atom. The zero-order valence-electron chi connectivity index (χ0n) is 10.0. The van der Waals surface area contributed by atoms with E-state index in [9.17, 15) is 4.79 Å². The van der Waals surface area contributed by atoms with Crippen LogP contribution < -0.4 is 0 Å². The molecule has 0 N–H and O–H groups in total. The van der Waals surface area contributed by atoms with Gasteiger partial charge in [-0.05, 0) is 13.8 Å². The highest BCUT2D eigenvalue weighted by molar-refractivity contribution is 6.19. The number of nitrogens with zero attached hydrogens (tertiary/aromatic N) is 2. The Morgan fingerprint density at radius 2 is 1.94 bits per heavy atom. The molecule has 1 aliphatic rings. The van der Waals surface area contributed by atoms with Crippen molar-refractivity contribution in [3.63, 3.8) is 0 Å². The number of hydrogen-bond donors (Lipinski definition) is 0. The van der Waals surface area contributed by atoms with E-state index < -0.39 is 5.41 Å². The summed E-state index contributed by atoms with van der Waals surface area (Å²) < 4.78 is 0. The van der Waals surface area contributed by atoms with E-state index in [0.29, 0.717) is 12.4 Å². The summed E-state index contributed by atoms with van der Waals surface area (Å²) in [5.74, 6) is 3.12. The number of carbonyl (C=O) groups excluding carboxylic acids is 1. The van der Waals surface area contributed by atoms with Gasteiger partial charge >= 0.3 is 0 Å². The maximum atomic E-state index is 12.1. The molecule has 0 atom stereocenters. The second-order valence-electron chi connectivity index (χ2n) is 4.79. The van der Waals surface area contributed by atoms with E-state index in [4.69, 9.17) is 18.0 Å². The van der Waals surface area contributed by atoms with Crippen molar-refractivity contribution in [2.45, 2.75) is 13.8 Å². The lowest BCUT2D eigenvalue weighted by Gasteiger charge is -2.37. The third-order valence-electron chi connectivity index (χ3n) is 2.89. The first-order valence-corrected chi connectivity index (χ1v) is 6.06. The van der Waals surface area contributed by atoms with Gasteiger partial charge in [-0.1, -0.05) is 5.92 Å². The fourth-order valence-electron chi connectivity index (χ4n) is 1.72. The molecule has 0 spiro atoms. The lowest BCUT2D eigenvalue weighted by atomic mass is 9.94. The minimum Gasteiger partial charge on any atom is -0.340 e. The van der Waals surface area contributed by atoms with Crippen LogP contribution in [0.4, 0.5) is 0 Å². The molecule has 1 heterocycles. The molecule has 4 heteroatoms. The first-order chi connectivity index (χ1) is 7.51. The summed E-state index contributed by atoms with van der Waals surface area (Å²) in [6.45, 7) is 7.65. The van der Waals surface area contributed by atoms with Crippen LogP contribution in [0.3, 0.4) is 0 Å². The molecule has 1 aliphatic heterocycles. The van der Waals surface area contributed by atoms with E-state index in [1.54, 1.807) is 0 Å². The number of terminal acetylenes is 1. The Morgan fingerprint density at radius 1 is 1.38 bits per heavy atom. The van der Waals surface area contributed by atoms with Crippen molar-refractivity contribution >= 4 is 17.5 Å². The molecule has 0 aromatic heterocycles. The van der Waals surface area contributed by atoms with Gasteiger partial charge < -0.3 is 4.90 Å². The lowest BCUT2D eigenvalue weighted by Crippen LogP contribution is -2.52. The first-order valence-electron chi connectivity index (χ1n) is 5.52. The molecule has 0 radical (unpaired) electrons. The number of rotatable bonds is 3. The van der Waals surface area contributed by atoms with Gasteiger partial charge in [0.05, 0.1) is 12.0 Å². The Hall–Kier alpha value is -0.720. The normalized spacial score (nSPS) is 18.2. The smallest absolute Gasteiger partial charge is 0.229 e. The highest BCUT2D eigenvalue weighted by Gasteiger charge is 2.32. The summed E-state index contributed by atoms with van der Waals surface area (Å²) in [5, 5.41) is 0. The quantitative estimate of drug-likeness (QED) is 0.545. The highest BCUT2D eigenvalue weighted by atomic mass is 35.5. The first kappa shape index (κ1) is 13.3. The van der Waals surface area contributed by atoms with Crippen LogP contribution in [0.2, 0.25) is 0 Å². The van der Waals surface area contributed by atoms with E-state index in [0.717, 1.165) is 26.2 Å². The van der Waals surface area contributed by atoms with E-state index in [-0.39, 0.29) is 5.91 Å². The van der Waals surface area contributed by atoms with Crippen molar-refractivity contribution in [3.8, 4) is 12.3 Å². The largest absolute Gasteiger partial charge is 0.340 e. The zero-order valence-corrected chi connectivity index (χ0v) is 10.8. The van der Waals surface area contributed by atoms with Crippen molar-refractivity contribution in [1.82, 2.24) is 9.80 Å². The van der Waals surface area contributed by atoms with Gasteiger partial charge in [-0.25, -0.2) is 0 Å². The molecule has 1 rings (SSSR count). The van der Waals surface area contributed by atoms with Gasteiger partial charge in [-0.2, -0.15) is 0 Å². The highest BCUT2D eigenvalue weighted by Crippen LogP contribution is 2.21. The van der Waals surface area contributed by atoms with Crippen LogP contribution in [0.5, 0.6) is 0 Å². The summed E-state index contributed by atoms with van der Waals surface area (Å²) in [6.07, 6.45) is 5.25. The SMILES string of the molecule is C#CCN1CCN(C(=O)C(C)(C)CCl)CC1. The fourth-order valence-corrected chi connectivity index (χ4v) is 1.84. The van der Waals surface area contributed by atoms with Crippen molar-refractivity contribution in [2.75, 3.05) is 38.6 Å². The number of amides is 1. The minimum atomic E-state index is -0.462. The van der Waals surface area contributed by atoms with Crippen LogP contribution in [0.1, 0.15) is 13.8 Å². The van der Waals surface area contributed by atoms with E-state index in [1.165, 1.54) is 0 Å². The third-order valence-corrected chi connectivity index (χ3v) is 3.56. The van der Waals surface area contributed by atoms with Gasteiger partial charge in [0.1, 0.15) is 0 Å². The average molecular weight is 243 g/mol. The third kappa shape index (κ3) is 3.13. The molecule has 0 unspecified atom stereocenters. The van der Waals surface area contributed by atoms with Gasteiger partial charge in [0.2, 0.25) is 5.91 Å². The fraction of sp³-hybridized carbons (Fsp3) is 0.750. The summed E-state index contributed by atoms with van der Waals surface area (Å²) in [6, 6.07) is 0. The monoisotopic (exact) mass is 242 g/mol. The zero-order chi connectivity index (χ0) is 12.2. The molecular weight excluding hydrogens is 224 g/mol. The maximum absolute atomic E-state index is 12.1. The van der Waals surface area contributed by atoms with Crippen LogP contribution in [0.15, 0.2) is 0 Å². The average Bonchev–Trinajstić information content (AvgIpc) is 2.29. The lowest BCUT2D eigenvalue weighted by molar-refractivity contribution is -0.140. The van der Waals surface area contributed by atoms with Crippen molar-refractivity contribution in [1.29, 1.82) is 0 Å². The number of hydrogen-bond acceptors (Lipinski definition) is 2. The van der Waals surface area contributed by atoms with Crippen molar-refractivity contribution in [3.05, 3.63) is 0 Å². The van der Waals surface area contributed by atoms with E-state index >= 15 is 0 Å². The molecule has 3 nitrogen and oxygen atoms in total. The summed E-state index contributed by atoms with van der Waals surface area (Å²) in [5.41, 5.74) is -0.462. The molecule has 16 heavy (non-hydrogen) atoms. The predicted octanol–water partition coefficient (Wildman–Crippen LogP) is 1.03. The van der Waals surface area contributed by atoms with Gasteiger partial charge in [-0.15, -0.1) is 18.0 Å². The van der Waals surface area contributed by atoms with Crippen LogP contribution >= 0.6 is 11.6 Å². The summed E-state index contributed by atoms with van der Waals surface area (Å²) >= 11 is 5.80. The van der Waals surface area contributed by atoms with Crippen molar-refractivity contribution < 1.29 is 4.79 Å². The molecular formula is C12H19ClN2O. The number of piperazine rings is 1. The summed E-state index contributed by atoms with van der Waals surface area (Å²) in [4.78, 5) is 16.2. The molecule has 1 saturated heterocycles. The van der Waals surface area contributed by atoms with Crippen LogP contribution in [0, 0.1) is 17.8 Å². The molecule has 1 amide bonds. The second kappa shape index (κ2) is 5.56. The molecule has 0 aromatic carbocycles. The van der Waals surface area contributed by atoms with E-state index in [2.05, 4.69) is 10.8 Å². The number of halogens is 1. The Kier molecular flexibility index (Phi) is 4.64. The Balaban J connectivity index is 2.48. The minimum absolute atomic E-state index is 0.142. The number of carbonyl (C=O) groups is 1. The second-order valence-corrected chi connectivity index (χ2v) is 5.06. The predicted molar refractivity (Wildman–Crippen MR) is 66.4 cm³/mol. The molecule has 0 aromatic rings. The Bertz CT molecular complexity index is 288. The molecule has 0 saturated carbocycles. The summed E-state index contributed by atoms with van der Waals surface area (Å²) in [7, 11) is 0. The molecule has 0 bridgehead atoms. The van der Waals surface area contributed by atoms with Gasteiger partial charge in [-0.3, -0.25) is 9.69 Å². The topological polar surface area (TPSA) is 23.6 Å². The molecule has 0 aliphatic carbocycles. The molecule has 90 valence electrons. The van der Waals surface area contributed by atoms with Gasteiger partial charge in [0.15, 0.2) is 0 Å². The number of alkyl halides is 1. The van der Waals surface area contributed by atoms with Gasteiger partial charge in [0, 0.05) is 32.1 Å². The van der Waals surface area contributed by atoms with Crippen molar-refractivity contribution in [2.24, 2.45) is 5.41 Å². The van der Waals surface area contributed by atoms with E-state index in [1.807, 2.05) is 18.7 Å². The van der Waals surface area contributed by atoms with Crippen LogP contribution in [0.25, 0.3) is 0 Å². The van der Waals surface area contributed by atoms with Crippen LogP contribution in [-0.4, -0.2) is 54.3 Å². The standard InChI is InChI=1S/C12H19ClN2O/c1-4-5-14-6-8-15(9-7-14)11(16)12(2,3)10-13/h1H,5-10H2,2-3H3. The van der Waals surface area contributed by atoms with Crippen LogP contribution in [-0.2, 0) is 4.79 Å². The molecule has 1 fully saturated rings. The Labute approximate surface area is 103 Å².